The maximum Gasteiger partial charge on any atom is 0.163 e. The van der Waals surface area contributed by atoms with Crippen LogP contribution in [0.5, 0.6) is 0 Å². The van der Waals surface area contributed by atoms with E-state index in [-0.39, 0.29) is 0 Å². The molecule has 0 radical (unpaired) electrons. The standard InChI is InChI=1S/C29H22.C23H18N2.C22H17N3.C17H14N2/c1-21-17-28(25-13-11-24(12-14-25)22-7-3-2-4-8-22)20-29(18-21)27-16-15-23-9-5-6-10-26(23)19-27;1-17-15-22(25-23(24-17)19-11-6-3-7-12-19)21-14-8-13-20(16-21)18-9-4-2-5-10-18;1-16-23-21(19-10-6-3-7-11-19)25-22(24-16)20-14-12-18(13-15-20)17-8-4-2-5-9-17;1-13-18-16(14-8-4-2-5-9-14)12-17(19-13)15-10-6-3-7-11-15/h2-20H,1H3;2-16H,1H3;2-15H,1H3;2-12H,1H3. The fourth-order valence-corrected chi connectivity index (χ4v) is 11.7. The molecule has 0 N–H and O–H groups in total. The first-order chi connectivity index (χ1) is 48.2. The number of aryl methyl sites for hydroxylation is 4. The van der Waals surface area contributed by atoms with E-state index >= 15 is 0 Å². The van der Waals surface area contributed by atoms with Crippen LogP contribution >= 0.6 is 0 Å². The molecule has 7 nitrogen and oxygen atoms in total. The number of hydrogen-bond acceptors (Lipinski definition) is 7. The second-order valence-electron chi connectivity index (χ2n) is 23.9. The van der Waals surface area contributed by atoms with Crippen LogP contribution in [0.1, 0.15) is 22.9 Å². The Hall–Kier alpha value is -12.7. The minimum atomic E-state index is 0.700. The summed E-state index contributed by atoms with van der Waals surface area (Å²) in [6.45, 7) is 8.01. The molecule has 16 rings (SSSR count). The zero-order valence-corrected chi connectivity index (χ0v) is 55.2. The third-order valence-corrected chi connectivity index (χ3v) is 16.6. The first kappa shape index (κ1) is 64.0. The van der Waals surface area contributed by atoms with Crippen LogP contribution in [0, 0.1) is 27.7 Å². The van der Waals surface area contributed by atoms with Gasteiger partial charge in [0.2, 0.25) is 0 Å². The number of benzene rings is 13. The molecule has 0 amide bonds. The lowest BCUT2D eigenvalue weighted by Gasteiger charge is -2.10. The van der Waals surface area contributed by atoms with E-state index in [2.05, 4.69) is 261 Å². The predicted molar refractivity (Wildman–Crippen MR) is 407 cm³/mol. The van der Waals surface area contributed by atoms with Gasteiger partial charge < -0.3 is 0 Å². The average molecular weight is 1260 g/mol. The Balaban J connectivity index is 0.000000119. The van der Waals surface area contributed by atoms with Gasteiger partial charge in [0.1, 0.15) is 11.6 Å². The van der Waals surface area contributed by atoms with Gasteiger partial charge in [0.05, 0.1) is 17.1 Å². The van der Waals surface area contributed by atoms with E-state index in [0.29, 0.717) is 11.6 Å². The molecule has 0 aliphatic rings. The highest BCUT2D eigenvalue weighted by Crippen LogP contribution is 2.34. The molecule has 0 aliphatic heterocycles. The Morgan fingerprint density at radius 2 is 0.469 bits per heavy atom. The third kappa shape index (κ3) is 16.4. The maximum atomic E-state index is 4.80. The zero-order valence-electron chi connectivity index (χ0n) is 55.2. The molecule has 470 valence electrons. The van der Waals surface area contributed by atoms with Crippen molar-refractivity contribution >= 4 is 10.8 Å². The minimum absolute atomic E-state index is 0.700. The highest BCUT2D eigenvalue weighted by atomic mass is 15.0. The maximum absolute atomic E-state index is 4.80. The van der Waals surface area contributed by atoms with Gasteiger partial charge in [-0.15, -0.1) is 0 Å². The summed E-state index contributed by atoms with van der Waals surface area (Å²) in [7, 11) is 0. The Bertz CT molecular complexity index is 5190. The molecular weight excluding hydrogens is 1190 g/mol. The lowest BCUT2D eigenvalue weighted by Crippen LogP contribution is -1.99. The number of fused-ring (bicyclic) bond motifs is 1. The molecule has 7 heteroatoms. The molecule has 0 unspecified atom stereocenters. The van der Waals surface area contributed by atoms with E-state index in [0.717, 1.165) is 73.6 Å². The Morgan fingerprint density at radius 1 is 0.163 bits per heavy atom. The van der Waals surface area contributed by atoms with Gasteiger partial charge in [-0.25, -0.2) is 34.9 Å². The molecule has 0 saturated heterocycles. The molecule has 0 fully saturated rings. The lowest BCUT2D eigenvalue weighted by molar-refractivity contribution is 0.992. The van der Waals surface area contributed by atoms with Gasteiger partial charge in [-0.2, -0.15) is 0 Å². The topological polar surface area (TPSA) is 90.2 Å². The van der Waals surface area contributed by atoms with Crippen molar-refractivity contribution in [2.45, 2.75) is 27.7 Å². The normalized spacial score (nSPS) is 10.7. The molecule has 0 bridgehead atoms. The molecule has 3 aromatic heterocycles. The number of rotatable bonds is 11. The van der Waals surface area contributed by atoms with Crippen molar-refractivity contribution in [1.82, 2.24) is 34.9 Å². The van der Waals surface area contributed by atoms with Crippen LogP contribution < -0.4 is 0 Å². The summed E-state index contributed by atoms with van der Waals surface area (Å²) in [6, 6.07) is 124. The van der Waals surface area contributed by atoms with Crippen LogP contribution in [0.3, 0.4) is 0 Å². The highest BCUT2D eigenvalue weighted by Gasteiger charge is 2.13. The molecule has 0 saturated carbocycles. The molecule has 0 spiro atoms. The van der Waals surface area contributed by atoms with E-state index in [1.807, 2.05) is 154 Å². The average Bonchev–Trinajstić information content (AvgIpc) is 0.914. The molecule has 0 aliphatic carbocycles. The summed E-state index contributed by atoms with van der Waals surface area (Å²) in [5.74, 6) is 3.68. The molecule has 13 aromatic carbocycles. The Kier molecular flexibility index (Phi) is 20.3. The van der Waals surface area contributed by atoms with Crippen molar-refractivity contribution in [2.75, 3.05) is 0 Å². The van der Waals surface area contributed by atoms with Crippen molar-refractivity contribution in [3.05, 3.63) is 381 Å². The van der Waals surface area contributed by atoms with Crippen LogP contribution in [0.25, 0.3) is 134 Å². The van der Waals surface area contributed by atoms with Gasteiger partial charge >= 0.3 is 0 Å². The van der Waals surface area contributed by atoms with Gasteiger partial charge in [0.25, 0.3) is 0 Å². The van der Waals surface area contributed by atoms with Crippen LogP contribution in [0.15, 0.2) is 358 Å². The van der Waals surface area contributed by atoms with Crippen LogP contribution in [-0.4, -0.2) is 34.9 Å². The predicted octanol–water partition coefficient (Wildman–Crippen LogP) is 23.2. The minimum Gasteiger partial charge on any atom is -0.233 e. The first-order valence-corrected chi connectivity index (χ1v) is 32.9. The molecule has 0 atom stereocenters. The third-order valence-electron chi connectivity index (χ3n) is 16.6. The van der Waals surface area contributed by atoms with E-state index in [1.165, 1.54) is 72.0 Å². The van der Waals surface area contributed by atoms with Gasteiger partial charge in [0.15, 0.2) is 17.5 Å². The van der Waals surface area contributed by atoms with Gasteiger partial charge in [-0.3, -0.25) is 0 Å². The summed E-state index contributed by atoms with van der Waals surface area (Å²) in [5.41, 5.74) is 23.8. The summed E-state index contributed by atoms with van der Waals surface area (Å²) in [6.07, 6.45) is 0. The van der Waals surface area contributed by atoms with E-state index in [1.54, 1.807) is 0 Å². The smallest absolute Gasteiger partial charge is 0.163 e. The molecule has 98 heavy (non-hydrogen) atoms. The molecular formula is C91H71N7. The number of hydrogen-bond donors (Lipinski definition) is 0. The van der Waals surface area contributed by atoms with Crippen LogP contribution in [0.2, 0.25) is 0 Å². The SMILES string of the molecule is Cc1cc(-c2ccc(-c3ccccc3)cc2)cc(-c2ccc3ccccc3c2)c1.Cc1cc(-c2cccc(-c3ccccc3)c2)nc(-c2ccccc2)n1.Cc1nc(-c2ccccc2)cc(-c2ccccc2)n1.Cc1nc(-c2ccccc2)nc(-c2ccc(-c3ccccc3)cc2)n1. The second-order valence-corrected chi connectivity index (χ2v) is 23.9. The lowest BCUT2D eigenvalue weighted by atomic mass is 9.94. The second kappa shape index (κ2) is 31.0. The quantitative estimate of drug-likeness (QED) is 0.127. The van der Waals surface area contributed by atoms with Gasteiger partial charge in [-0.1, -0.05) is 328 Å². The van der Waals surface area contributed by atoms with Crippen LogP contribution in [0.4, 0.5) is 0 Å². The zero-order chi connectivity index (χ0) is 66.8. The molecule has 16 aromatic rings. The van der Waals surface area contributed by atoms with Crippen molar-refractivity contribution in [3.63, 3.8) is 0 Å². The highest BCUT2D eigenvalue weighted by molar-refractivity contribution is 5.88. The number of aromatic nitrogens is 7. The van der Waals surface area contributed by atoms with Crippen molar-refractivity contribution in [3.8, 4) is 124 Å². The Morgan fingerprint density at radius 3 is 0.959 bits per heavy atom. The van der Waals surface area contributed by atoms with Crippen LogP contribution in [-0.2, 0) is 0 Å². The number of nitrogens with zero attached hydrogens (tertiary/aromatic N) is 7. The Labute approximate surface area is 574 Å². The van der Waals surface area contributed by atoms with Crippen molar-refractivity contribution in [1.29, 1.82) is 0 Å². The van der Waals surface area contributed by atoms with E-state index in [4.69, 9.17) is 4.98 Å². The largest absolute Gasteiger partial charge is 0.233 e. The summed E-state index contributed by atoms with van der Waals surface area (Å²) in [4.78, 5) is 32.1. The van der Waals surface area contributed by atoms with Crippen molar-refractivity contribution in [2.24, 2.45) is 0 Å². The van der Waals surface area contributed by atoms with Gasteiger partial charge in [-0.05, 0) is 130 Å². The van der Waals surface area contributed by atoms with Crippen molar-refractivity contribution < 1.29 is 0 Å². The fourth-order valence-electron chi connectivity index (χ4n) is 11.7. The summed E-state index contributed by atoms with van der Waals surface area (Å²) in [5, 5.41) is 2.56. The molecule has 3 heterocycles. The fraction of sp³-hybridized carbons (Fsp3) is 0.0440. The monoisotopic (exact) mass is 1260 g/mol. The summed E-state index contributed by atoms with van der Waals surface area (Å²) < 4.78 is 0. The van der Waals surface area contributed by atoms with E-state index in [9.17, 15) is 0 Å². The van der Waals surface area contributed by atoms with E-state index < -0.39 is 0 Å². The first-order valence-electron chi connectivity index (χ1n) is 32.9. The van der Waals surface area contributed by atoms with Gasteiger partial charge in [0, 0.05) is 39.1 Å². The summed E-state index contributed by atoms with van der Waals surface area (Å²) >= 11 is 0.